The van der Waals surface area contributed by atoms with Gasteiger partial charge in [-0.3, -0.25) is 14.5 Å². The van der Waals surface area contributed by atoms with E-state index in [2.05, 4.69) is 10.3 Å². The minimum Gasteiger partial charge on any atom is -0.326 e. The van der Waals surface area contributed by atoms with Gasteiger partial charge >= 0.3 is 0 Å². The van der Waals surface area contributed by atoms with Crippen LogP contribution in [0, 0.1) is 12.7 Å². The average molecular weight is 462 g/mol. The molecule has 1 aliphatic rings. The molecule has 3 aromatic carbocycles. The van der Waals surface area contributed by atoms with Crippen LogP contribution in [-0.2, 0) is 16.0 Å². The molecule has 0 aromatic heterocycles. The van der Waals surface area contributed by atoms with Crippen molar-refractivity contribution in [1.29, 1.82) is 0 Å². The van der Waals surface area contributed by atoms with E-state index in [1.807, 2.05) is 61.5 Å². The van der Waals surface area contributed by atoms with Crippen molar-refractivity contribution in [3.8, 4) is 0 Å². The average Bonchev–Trinajstić information content (AvgIpc) is 3.08. The topological polar surface area (TPSA) is 61.8 Å². The zero-order valence-corrected chi connectivity index (χ0v) is 19.0. The molecule has 5 nitrogen and oxygen atoms in total. The van der Waals surface area contributed by atoms with Crippen LogP contribution < -0.4 is 5.32 Å². The zero-order chi connectivity index (χ0) is 23.2. The van der Waals surface area contributed by atoms with Crippen LogP contribution in [0.2, 0.25) is 0 Å². The molecular formula is C26H24FN3O2S. The van der Waals surface area contributed by atoms with Crippen molar-refractivity contribution in [1.82, 2.24) is 4.90 Å². The van der Waals surface area contributed by atoms with Gasteiger partial charge in [-0.2, -0.15) is 0 Å². The molecule has 1 heterocycles. The summed E-state index contributed by atoms with van der Waals surface area (Å²) in [5, 5.41) is 2.83. The van der Waals surface area contributed by atoms with Gasteiger partial charge in [0.2, 0.25) is 11.8 Å². The molecule has 7 heteroatoms. The van der Waals surface area contributed by atoms with Crippen molar-refractivity contribution in [2.75, 3.05) is 11.9 Å². The lowest BCUT2D eigenvalue weighted by Crippen LogP contribution is -2.35. The number of anilines is 1. The summed E-state index contributed by atoms with van der Waals surface area (Å²) in [6.45, 7) is 2.40. The highest BCUT2D eigenvalue weighted by molar-refractivity contribution is 8.15. The van der Waals surface area contributed by atoms with E-state index in [0.29, 0.717) is 29.5 Å². The van der Waals surface area contributed by atoms with Crippen molar-refractivity contribution >= 4 is 40.1 Å². The van der Waals surface area contributed by atoms with Crippen molar-refractivity contribution in [2.24, 2.45) is 4.99 Å². The monoisotopic (exact) mass is 461 g/mol. The summed E-state index contributed by atoms with van der Waals surface area (Å²) >= 11 is 1.27. The lowest BCUT2D eigenvalue weighted by molar-refractivity contribution is -0.128. The van der Waals surface area contributed by atoms with Crippen LogP contribution >= 0.6 is 11.8 Å². The smallest absolute Gasteiger partial charge is 0.242 e. The second-order valence-corrected chi connectivity index (χ2v) is 8.99. The number of halogens is 1. The molecule has 0 saturated carbocycles. The Bertz CT molecular complexity index is 1170. The summed E-state index contributed by atoms with van der Waals surface area (Å²) in [7, 11) is 0. The Labute approximate surface area is 196 Å². The van der Waals surface area contributed by atoms with E-state index in [1.54, 1.807) is 17.0 Å². The molecule has 0 radical (unpaired) electrons. The molecule has 1 saturated heterocycles. The van der Waals surface area contributed by atoms with Gasteiger partial charge in [0, 0.05) is 18.7 Å². The first kappa shape index (κ1) is 22.7. The summed E-state index contributed by atoms with van der Waals surface area (Å²) in [5.74, 6) is -0.714. The number of amides is 2. The standard InChI is InChI=1S/C26H24FN3O2S/c1-18-6-5-9-22(16-18)28-24(31)17-23-25(32)30(15-14-19-7-3-2-4-8-19)26(33-23)29-21-12-10-20(27)11-13-21/h2-13,16,23H,14-15,17H2,1H3,(H,28,31)/t23-/m1/s1. The number of carbonyl (C=O) groups is 2. The molecule has 1 aliphatic heterocycles. The van der Waals surface area contributed by atoms with Crippen molar-refractivity contribution in [2.45, 2.75) is 25.0 Å². The third kappa shape index (κ3) is 6.08. The minimum absolute atomic E-state index is 0.0434. The second kappa shape index (κ2) is 10.4. The Morgan fingerprint density at radius 2 is 1.82 bits per heavy atom. The first-order valence-corrected chi connectivity index (χ1v) is 11.6. The molecule has 2 amide bonds. The number of nitrogens with zero attached hydrogens (tertiary/aromatic N) is 2. The Balaban J connectivity index is 1.50. The number of thioether (sulfide) groups is 1. The summed E-state index contributed by atoms with van der Waals surface area (Å²) < 4.78 is 13.3. The summed E-state index contributed by atoms with van der Waals surface area (Å²) in [6, 6.07) is 23.2. The summed E-state index contributed by atoms with van der Waals surface area (Å²) in [6.07, 6.45) is 0.708. The predicted molar refractivity (Wildman–Crippen MR) is 131 cm³/mol. The largest absolute Gasteiger partial charge is 0.326 e. The van der Waals surface area contributed by atoms with Gasteiger partial charge in [0.25, 0.3) is 0 Å². The molecule has 3 aromatic rings. The number of rotatable bonds is 7. The van der Waals surface area contributed by atoms with Crippen LogP contribution in [0.4, 0.5) is 15.8 Å². The maximum atomic E-state index is 13.3. The number of hydrogen-bond acceptors (Lipinski definition) is 4. The van der Waals surface area contributed by atoms with Gasteiger partial charge in [-0.05, 0) is 60.9 Å². The van der Waals surface area contributed by atoms with Gasteiger partial charge in [0.15, 0.2) is 5.17 Å². The van der Waals surface area contributed by atoms with Crippen LogP contribution in [0.25, 0.3) is 0 Å². The molecular weight excluding hydrogens is 437 g/mol. The van der Waals surface area contributed by atoms with Crippen LogP contribution in [0.1, 0.15) is 17.5 Å². The maximum Gasteiger partial charge on any atom is 0.242 e. The Morgan fingerprint density at radius 1 is 1.06 bits per heavy atom. The molecule has 0 spiro atoms. The minimum atomic E-state index is -0.565. The van der Waals surface area contributed by atoms with Crippen molar-refractivity contribution < 1.29 is 14.0 Å². The van der Waals surface area contributed by atoms with Crippen LogP contribution in [0.5, 0.6) is 0 Å². The van der Waals surface area contributed by atoms with Crippen LogP contribution in [0.3, 0.4) is 0 Å². The first-order valence-electron chi connectivity index (χ1n) is 10.7. The van der Waals surface area contributed by atoms with E-state index >= 15 is 0 Å². The Kier molecular flexibility index (Phi) is 7.19. The molecule has 33 heavy (non-hydrogen) atoms. The second-order valence-electron chi connectivity index (χ2n) is 7.82. The molecule has 4 rings (SSSR count). The van der Waals surface area contributed by atoms with Gasteiger partial charge in [0.05, 0.1) is 5.69 Å². The van der Waals surface area contributed by atoms with Crippen LogP contribution in [-0.4, -0.2) is 33.7 Å². The fourth-order valence-corrected chi connectivity index (χ4v) is 4.73. The number of amidine groups is 1. The number of carbonyl (C=O) groups excluding carboxylic acids is 2. The van der Waals surface area contributed by atoms with Crippen molar-refractivity contribution in [3.63, 3.8) is 0 Å². The molecule has 1 atom stereocenters. The lowest BCUT2D eigenvalue weighted by atomic mass is 10.1. The Hall–Kier alpha value is -3.45. The van der Waals surface area contributed by atoms with E-state index in [0.717, 1.165) is 11.1 Å². The fourth-order valence-electron chi connectivity index (χ4n) is 3.55. The molecule has 1 N–H and O–H groups in total. The maximum absolute atomic E-state index is 13.3. The highest BCUT2D eigenvalue weighted by Gasteiger charge is 2.39. The molecule has 0 aliphatic carbocycles. The van der Waals surface area contributed by atoms with Crippen LogP contribution in [0.15, 0.2) is 83.9 Å². The summed E-state index contributed by atoms with van der Waals surface area (Å²) in [5.41, 5.74) is 3.41. The molecule has 1 fully saturated rings. The van der Waals surface area contributed by atoms with Crippen molar-refractivity contribution in [3.05, 3.63) is 95.8 Å². The quantitative estimate of drug-likeness (QED) is 0.517. The molecule has 0 unspecified atom stereocenters. The summed E-state index contributed by atoms with van der Waals surface area (Å²) in [4.78, 5) is 32.1. The predicted octanol–water partition coefficient (Wildman–Crippen LogP) is 5.34. The Morgan fingerprint density at radius 3 is 2.55 bits per heavy atom. The van der Waals surface area contributed by atoms with Gasteiger partial charge in [0.1, 0.15) is 11.1 Å². The number of aryl methyl sites for hydroxylation is 1. The molecule has 168 valence electrons. The number of hydrogen-bond donors (Lipinski definition) is 1. The SMILES string of the molecule is Cc1cccc(NC(=O)C[C@H]2SC(=Nc3ccc(F)cc3)N(CCc3ccccc3)C2=O)c1. The zero-order valence-electron chi connectivity index (χ0n) is 18.2. The highest BCUT2D eigenvalue weighted by Crippen LogP contribution is 2.32. The van der Waals surface area contributed by atoms with Gasteiger partial charge < -0.3 is 5.32 Å². The highest BCUT2D eigenvalue weighted by atomic mass is 32.2. The third-order valence-electron chi connectivity index (χ3n) is 5.21. The normalized spacial score (nSPS) is 16.9. The fraction of sp³-hybridized carbons (Fsp3) is 0.192. The third-order valence-corrected chi connectivity index (χ3v) is 6.39. The first-order chi connectivity index (χ1) is 16.0. The number of nitrogens with one attached hydrogen (secondary N) is 1. The lowest BCUT2D eigenvalue weighted by Gasteiger charge is -2.16. The van der Waals surface area contributed by atoms with E-state index in [4.69, 9.17) is 0 Å². The molecule has 0 bridgehead atoms. The number of aliphatic imine (C=N–C) groups is 1. The van der Waals surface area contributed by atoms with Gasteiger partial charge in [-0.1, -0.05) is 54.2 Å². The van der Waals surface area contributed by atoms with E-state index in [9.17, 15) is 14.0 Å². The van der Waals surface area contributed by atoms with Gasteiger partial charge in [-0.25, -0.2) is 9.38 Å². The van der Waals surface area contributed by atoms with E-state index in [1.165, 1.54) is 23.9 Å². The van der Waals surface area contributed by atoms with E-state index < -0.39 is 5.25 Å². The number of benzene rings is 3. The van der Waals surface area contributed by atoms with Gasteiger partial charge in [-0.15, -0.1) is 0 Å². The van der Waals surface area contributed by atoms with E-state index in [-0.39, 0.29) is 24.1 Å².